The lowest BCUT2D eigenvalue weighted by molar-refractivity contribution is -0.280. The Labute approximate surface area is 210 Å². The molecule has 9 heteroatoms. The van der Waals surface area contributed by atoms with Crippen molar-refractivity contribution in [1.82, 2.24) is 14.0 Å². The van der Waals surface area contributed by atoms with E-state index in [1.807, 2.05) is 60.1 Å². The first-order chi connectivity index (χ1) is 17.7. The number of carbonyl (C=O) groups is 2. The Morgan fingerprint density at radius 1 is 0.757 bits per heavy atom. The molecule has 2 amide bonds. The minimum Gasteiger partial charge on any atom is -0.390 e. The zero-order valence-corrected chi connectivity index (χ0v) is 20.4. The van der Waals surface area contributed by atoms with Gasteiger partial charge in [-0.1, -0.05) is 43.3 Å². The number of imide groups is 1. The van der Waals surface area contributed by atoms with Gasteiger partial charge in [0.1, 0.15) is 6.10 Å². The van der Waals surface area contributed by atoms with Crippen molar-refractivity contribution in [3.8, 4) is 0 Å². The molecular weight excluding hydrogens is 474 g/mol. The molecule has 3 N–H and O–H groups in total. The number of aromatic nitrogens is 2. The number of nitrogens with zero attached hydrogens (tertiary/aromatic N) is 3. The van der Waals surface area contributed by atoms with Gasteiger partial charge in [0, 0.05) is 47.1 Å². The summed E-state index contributed by atoms with van der Waals surface area (Å²) in [5.74, 6) is -1.47. The lowest BCUT2D eigenvalue weighted by Crippen LogP contribution is -2.51. The largest absolute Gasteiger partial charge is 0.390 e. The summed E-state index contributed by atoms with van der Waals surface area (Å²) in [5.41, 5.74) is 3.46. The Morgan fingerprint density at radius 2 is 1.30 bits per heavy atom. The first-order valence-electron chi connectivity index (χ1n) is 12.2. The van der Waals surface area contributed by atoms with E-state index >= 15 is 0 Å². The molecule has 4 heterocycles. The SMILES string of the molecule is CC1C(O)OC(n2c3ccccc3c3c4c(c5c6ccccc6n(C)c5c32)C(=O)N(C)C4=O)C(O)C1O. The van der Waals surface area contributed by atoms with Gasteiger partial charge in [0.15, 0.2) is 12.5 Å². The van der Waals surface area contributed by atoms with Gasteiger partial charge in [-0.25, -0.2) is 0 Å². The van der Waals surface area contributed by atoms with E-state index in [1.54, 1.807) is 11.5 Å². The molecule has 37 heavy (non-hydrogen) atoms. The van der Waals surface area contributed by atoms with Crippen molar-refractivity contribution in [3.05, 3.63) is 59.7 Å². The highest BCUT2D eigenvalue weighted by Crippen LogP contribution is 2.47. The molecule has 1 fully saturated rings. The number of aliphatic hydroxyl groups excluding tert-OH is 3. The smallest absolute Gasteiger partial charge is 0.262 e. The van der Waals surface area contributed by atoms with E-state index in [-0.39, 0.29) is 5.91 Å². The molecule has 0 bridgehead atoms. The zero-order valence-electron chi connectivity index (χ0n) is 20.4. The molecule has 188 valence electrons. The number of rotatable bonds is 1. The van der Waals surface area contributed by atoms with E-state index in [9.17, 15) is 24.9 Å². The van der Waals surface area contributed by atoms with Crippen LogP contribution in [-0.4, -0.2) is 66.7 Å². The maximum Gasteiger partial charge on any atom is 0.262 e. The Hall–Kier alpha value is -3.76. The van der Waals surface area contributed by atoms with Crippen LogP contribution in [0.25, 0.3) is 43.6 Å². The molecule has 7 rings (SSSR count). The number of aryl methyl sites for hydroxylation is 1. The fourth-order valence-corrected chi connectivity index (χ4v) is 6.25. The van der Waals surface area contributed by atoms with Crippen molar-refractivity contribution >= 4 is 55.4 Å². The average molecular weight is 500 g/mol. The number of carbonyl (C=O) groups excluding carboxylic acids is 2. The number of amides is 2. The van der Waals surface area contributed by atoms with Gasteiger partial charge in [0.2, 0.25) is 0 Å². The fourth-order valence-electron chi connectivity index (χ4n) is 6.25. The highest BCUT2D eigenvalue weighted by molar-refractivity contribution is 6.39. The maximum atomic E-state index is 13.6. The van der Waals surface area contributed by atoms with Crippen LogP contribution in [0.15, 0.2) is 48.5 Å². The molecule has 0 aliphatic carbocycles. The summed E-state index contributed by atoms with van der Waals surface area (Å²) in [4.78, 5) is 28.2. The number of hydrogen-bond donors (Lipinski definition) is 3. The molecule has 3 aromatic carbocycles. The van der Waals surface area contributed by atoms with E-state index in [4.69, 9.17) is 4.74 Å². The third kappa shape index (κ3) is 2.61. The van der Waals surface area contributed by atoms with E-state index in [0.717, 1.165) is 15.8 Å². The summed E-state index contributed by atoms with van der Waals surface area (Å²) in [6.45, 7) is 1.61. The molecule has 9 nitrogen and oxygen atoms in total. The molecule has 1 saturated heterocycles. The van der Waals surface area contributed by atoms with Crippen LogP contribution in [0.3, 0.4) is 0 Å². The first kappa shape index (κ1) is 22.4. The number of aliphatic hydroxyl groups is 3. The Bertz CT molecular complexity index is 1820. The second-order valence-electron chi connectivity index (χ2n) is 10.1. The van der Waals surface area contributed by atoms with Crippen molar-refractivity contribution in [1.29, 1.82) is 0 Å². The zero-order chi connectivity index (χ0) is 25.9. The predicted octanol–water partition coefficient (Wildman–Crippen LogP) is 2.87. The standard InChI is InChI=1S/C28H25N3O6/c1-12-23(32)24(33)27(37-28(12)36)31-16-11-7-5-9-14(16)18-20-19(25(34)30(3)26(20)35)17-13-8-4-6-10-15(13)29(2)21(17)22(18)31/h4-12,23-24,27-28,32-33,36H,1-3H3. The minimum atomic E-state index is -1.35. The summed E-state index contributed by atoms with van der Waals surface area (Å²) in [7, 11) is 3.38. The van der Waals surface area contributed by atoms with E-state index in [1.165, 1.54) is 7.05 Å². The predicted molar refractivity (Wildman–Crippen MR) is 137 cm³/mol. The van der Waals surface area contributed by atoms with Crippen LogP contribution in [-0.2, 0) is 11.8 Å². The molecular formula is C28H25N3O6. The summed E-state index contributed by atoms with van der Waals surface area (Å²) in [6.07, 6.45) is -5.05. The quantitative estimate of drug-likeness (QED) is 0.306. The van der Waals surface area contributed by atoms with Gasteiger partial charge in [-0.2, -0.15) is 0 Å². The summed E-state index contributed by atoms with van der Waals surface area (Å²) < 4.78 is 9.66. The highest BCUT2D eigenvalue weighted by Gasteiger charge is 2.45. The van der Waals surface area contributed by atoms with Gasteiger partial charge in [0.05, 0.1) is 33.8 Å². The summed E-state index contributed by atoms with van der Waals surface area (Å²) >= 11 is 0. The van der Waals surface area contributed by atoms with Gasteiger partial charge in [0.25, 0.3) is 11.8 Å². The van der Waals surface area contributed by atoms with Gasteiger partial charge >= 0.3 is 0 Å². The summed E-state index contributed by atoms with van der Waals surface area (Å²) in [6, 6.07) is 15.1. The van der Waals surface area contributed by atoms with Crippen LogP contribution in [0.5, 0.6) is 0 Å². The average Bonchev–Trinajstić information content (AvgIpc) is 3.47. The van der Waals surface area contributed by atoms with Crippen LogP contribution in [0.2, 0.25) is 0 Å². The van der Waals surface area contributed by atoms with Crippen LogP contribution in [0.1, 0.15) is 33.9 Å². The molecule has 2 aliphatic heterocycles. The first-order valence-corrected chi connectivity index (χ1v) is 12.2. The van der Waals surface area contributed by atoms with Crippen LogP contribution in [0, 0.1) is 5.92 Å². The maximum absolute atomic E-state index is 13.6. The Kier molecular flexibility index (Phi) is 4.48. The van der Waals surface area contributed by atoms with Crippen LogP contribution in [0.4, 0.5) is 0 Å². The topological polar surface area (TPSA) is 117 Å². The minimum absolute atomic E-state index is 0.307. The number of fused-ring (bicyclic) bond motifs is 10. The second kappa shape index (κ2) is 7.39. The van der Waals surface area contributed by atoms with Crippen LogP contribution >= 0.6 is 0 Å². The summed E-state index contributed by atoms with van der Waals surface area (Å²) in [5, 5.41) is 35.3. The Balaban J connectivity index is 1.76. The van der Waals surface area contributed by atoms with Crippen molar-refractivity contribution in [3.63, 3.8) is 0 Å². The van der Waals surface area contributed by atoms with Gasteiger partial charge < -0.3 is 29.2 Å². The fraction of sp³-hybridized carbons (Fsp3) is 0.286. The monoisotopic (exact) mass is 499 g/mol. The number of ether oxygens (including phenoxy) is 1. The highest BCUT2D eigenvalue weighted by atomic mass is 16.6. The molecule has 2 aromatic heterocycles. The second-order valence-corrected chi connectivity index (χ2v) is 10.1. The van der Waals surface area contributed by atoms with Crippen LogP contribution < -0.4 is 0 Å². The molecule has 0 saturated carbocycles. The van der Waals surface area contributed by atoms with Gasteiger partial charge in [-0.15, -0.1) is 0 Å². The lowest BCUT2D eigenvalue weighted by Gasteiger charge is -2.40. The van der Waals surface area contributed by atoms with Gasteiger partial charge in [-0.05, 0) is 12.1 Å². The van der Waals surface area contributed by atoms with Crippen molar-refractivity contribution in [2.24, 2.45) is 13.0 Å². The third-order valence-corrected chi connectivity index (χ3v) is 8.19. The number of para-hydroxylation sites is 2. The normalized spacial score (nSPS) is 26.3. The molecule has 5 aromatic rings. The van der Waals surface area contributed by atoms with E-state index in [0.29, 0.717) is 43.8 Å². The molecule has 5 atom stereocenters. The third-order valence-electron chi connectivity index (χ3n) is 8.19. The molecule has 2 aliphatic rings. The molecule has 0 radical (unpaired) electrons. The lowest BCUT2D eigenvalue weighted by atomic mass is 9.94. The Morgan fingerprint density at radius 3 is 1.95 bits per heavy atom. The number of benzene rings is 3. The number of hydrogen-bond acceptors (Lipinski definition) is 6. The van der Waals surface area contributed by atoms with E-state index in [2.05, 4.69) is 0 Å². The van der Waals surface area contributed by atoms with Crippen molar-refractivity contribution in [2.45, 2.75) is 31.6 Å². The van der Waals surface area contributed by atoms with Crippen molar-refractivity contribution < 1.29 is 29.6 Å². The van der Waals surface area contributed by atoms with Crippen molar-refractivity contribution in [2.75, 3.05) is 7.05 Å². The van der Waals surface area contributed by atoms with Gasteiger partial charge in [-0.3, -0.25) is 14.5 Å². The molecule has 0 spiro atoms. The van der Waals surface area contributed by atoms with E-state index < -0.39 is 36.6 Å². The molecule has 5 unspecified atom stereocenters.